The fraction of sp³-hybridized carbons (Fsp3) is 0.139. The van der Waals surface area contributed by atoms with Gasteiger partial charge in [0.05, 0.1) is 42.3 Å². The van der Waals surface area contributed by atoms with E-state index in [1.165, 1.54) is 23.5 Å². The summed E-state index contributed by atoms with van der Waals surface area (Å²) >= 11 is 10.0. The smallest absolute Gasteiger partial charge is 0.338 e. The Balaban J connectivity index is 1.44. The van der Waals surface area contributed by atoms with Gasteiger partial charge in [-0.15, -0.1) is 11.8 Å². The number of rotatable bonds is 10. The Morgan fingerprint density at radius 3 is 2.33 bits per heavy atom. The molecule has 0 saturated carbocycles. The second-order valence-electron chi connectivity index (χ2n) is 10.7. The lowest BCUT2D eigenvalue weighted by Gasteiger charge is -2.26. The molecule has 5 aromatic rings. The number of hydrogen-bond donors (Lipinski definition) is 0. The van der Waals surface area contributed by atoms with Gasteiger partial charge in [0, 0.05) is 22.6 Å². The average Bonchev–Trinajstić information content (AvgIpc) is 3.41. The second-order valence-corrected chi connectivity index (χ2v) is 14.3. The number of nitro groups is 1. The van der Waals surface area contributed by atoms with Crippen LogP contribution in [-0.4, -0.2) is 28.3 Å². The zero-order valence-electron chi connectivity index (χ0n) is 26.1. The van der Waals surface area contributed by atoms with Crippen LogP contribution < -0.4 is 19.6 Å². The summed E-state index contributed by atoms with van der Waals surface area (Å²) in [5.74, 6) is 0.00716. The molecule has 4 aromatic carbocycles. The maximum absolute atomic E-state index is 14.3. The number of non-ortho nitro benzene ring substituents is 1. The highest BCUT2D eigenvalue weighted by Crippen LogP contribution is 2.37. The lowest BCUT2D eigenvalue weighted by atomic mass is 9.93. The minimum absolute atomic E-state index is 0.00831. The van der Waals surface area contributed by atoms with Crippen LogP contribution in [0.2, 0.25) is 0 Å². The molecular weight excluding hydrogens is 794 g/mol. The largest absolute Gasteiger partial charge is 0.487 e. The number of carbonyl (C=O) groups is 1. The monoisotopic (exact) mass is 819 g/mol. The molecule has 0 spiro atoms. The third kappa shape index (κ3) is 7.35. The van der Waals surface area contributed by atoms with Crippen LogP contribution in [0.3, 0.4) is 0 Å². The highest BCUT2D eigenvalue weighted by Gasteiger charge is 2.35. The molecule has 0 N–H and O–H groups in total. The third-order valence-electron chi connectivity index (χ3n) is 7.65. The van der Waals surface area contributed by atoms with E-state index in [4.69, 9.17) is 14.5 Å². The molecule has 1 atom stereocenters. The first-order valence-corrected chi connectivity index (χ1v) is 18.6. The van der Waals surface area contributed by atoms with Gasteiger partial charge in [0.1, 0.15) is 12.4 Å². The first-order chi connectivity index (χ1) is 23.7. The lowest BCUT2D eigenvalue weighted by Crippen LogP contribution is -2.40. The number of thioether (sulfide) groups is 1. The highest BCUT2D eigenvalue weighted by molar-refractivity contribution is 9.11. The summed E-state index contributed by atoms with van der Waals surface area (Å²) in [6, 6.07) is 26.3. The Morgan fingerprint density at radius 1 is 1.04 bits per heavy atom. The van der Waals surface area contributed by atoms with Crippen molar-refractivity contribution in [3.8, 4) is 5.75 Å². The number of thiazole rings is 1. The van der Waals surface area contributed by atoms with Crippen LogP contribution in [0.15, 0.2) is 120 Å². The maximum atomic E-state index is 14.3. The predicted molar refractivity (Wildman–Crippen MR) is 199 cm³/mol. The van der Waals surface area contributed by atoms with Crippen molar-refractivity contribution < 1.29 is 19.2 Å². The van der Waals surface area contributed by atoms with Crippen molar-refractivity contribution in [1.29, 1.82) is 0 Å². The van der Waals surface area contributed by atoms with Crippen LogP contribution in [0.4, 0.5) is 5.69 Å². The number of nitro benzene ring substituents is 1. The molecule has 0 aliphatic carbocycles. The number of benzene rings is 4. The summed E-state index contributed by atoms with van der Waals surface area (Å²) in [5, 5.41) is 11.0. The Kier molecular flexibility index (Phi) is 10.6. The quantitative estimate of drug-likeness (QED) is 0.0616. The van der Waals surface area contributed by atoms with Gasteiger partial charge in [-0.1, -0.05) is 53.8 Å². The molecule has 6 rings (SSSR count). The molecule has 0 radical (unpaired) electrons. The van der Waals surface area contributed by atoms with Crippen molar-refractivity contribution in [2.24, 2.45) is 4.99 Å². The first kappa shape index (κ1) is 34.6. The van der Waals surface area contributed by atoms with E-state index in [-0.39, 0.29) is 24.5 Å². The number of carbonyl (C=O) groups excluding carboxylic acids is 1. The molecule has 0 saturated heterocycles. The van der Waals surface area contributed by atoms with E-state index in [1.807, 2.05) is 73.0 Å². The first-order valence-electron chi connectivity index (χ1n) is 15.0. The Bertz CT molecular complexity index is 2250. The van der Waals surface area contributed by atoms with E-state index in [2.05, 4.69) is 31.9 Å². The van der Waals surface area contributed by atoms with Gasteiger partial charge in [-0.2, -0.15) is 0 Å². The summed E-state index contributed by atoms with van der Waals surface area (Å²) < 4.78 is 14.9. The Hall–Kier alpha value is -4.30. The normalized spacial score (nSPS) is 14.3. The molecule has 13 heteroatoms. The molecule has 2 heterocycles. The van der Waals surface area contributed by atoms with E-state index in [9.17, 15) is 19.7 Å². The van der Waals surface area contributed by atoms with Gasteiger partial charge in [0.15, 0.2) is 4.80 Å². The summed E-state index contributed by atoms with van der Waals surface area (Å²) in [4.78, 5) is 44.9. The number of fused-ring (bicyclic) bond motifs is 1. The molecule has 248 valence electrons. The Labute approximate surface area is 306 Å². The van der Waals surface area contributed by atoms with Crippen molar-refractivity contribution in [3.63, 3.8) is 0 Å². The maximum Gasteiger partial charge on any atom is 0.338 e. The molecule has 1 aromatic heterocycles. The number of nitrogens with zero attached hydrogens (tertiary/aromatic N) is 3. The number of aromatic nitrogens is 1. The van der Waals surface area contributed by atoms with E-state index < -0.39 is 16.9 Å². The summed E-state index contributed by atoms with van der Waals surface area (Å²) in [6.45, 7) is 2.11. The van der Waals surface area contributed by atoms with Gasteiger partial charge in [-0.3, -0.25) is 19.5 Å². The fourth-order valence-corrected chi connectivity index (χ4v) is 8.22. The molecule has 0 bridgehead atoms. The zero-order chi connectivity index (χ0) is 34.7. The Morgan fingerprint density at radius 2 is 1.71 bits per heavy atom. The van der Waals surface area contributed by atoms with Gasteiger partial charge < -0.3 is 9.47 Å². The van der Waals surface area contributed by atoms with Crippen LogP contribution in [0.1, 0.15) is 35.2 Å². The molecule has 0 unspecified atom stereocenters. The minimum Gasteiger partial charge on any atom is -0.487 e. The molecule has 0 amide bonds. The predicted octanol–water partition coefficient (Wildman–Crippen LogP) is 7.67. The van der Waals surface area contributed by atoms with Crippen molar-refractivity contribution in [3.05, 3.63) is 158 Å². The van der Waals surface area contributed by atoms with Crippen molar-refractivity contribution >= 4 is 78.4 Å². The minimum atomic E-state index is -0.766. The van der Waals surface area contributed by atoms with Crippen LogP contribution in [-0.2, 0) is 16.1 Å². The fourth-order valence-electron chi connectivity index (χ4n) is 5.36. The van der Waals surface area contributed by atoms with Gasteiger partial charge >= 0.3 is 5.97 Å². The lowest BCUT2D eigenvalue weighted by molar-refractivity contribution is -0.384. The molecule has 1 aliphatic rings. The van der Waals surface area contributed by atoms with Crippen LogP contribution in [0.25, 0.3) is 11.8 Å². The number of hydrogen-bond acceptors (Lipinski definition) is 9. The number of ether oxygens (including phenoxy) is 2. The SMILES string of the molecule is CCOC(=O)C1=C(c2ccccc2)N=c2s/c(=C\c3cc(Br)c(OCc4ccc([N+](=O)[O-])cc4)c(Br)c3)c(=O)n2[C@@H]1c1ccc(SC)cc1. The number of halogens is 2. The van der Waals surface area contributed by atoms with Crippen molar-refractivity contribution in [2.45, 2.75) is 24.5 Å². The van der Waals surface area contributed by atoms with E-state index in [1.54, 1.807) is 41.5 Å². The van der Waals surface area contributed by atoms with Gasteiger partial charge in [0.25, 0.3) is 11.2 Å². The van der Waals surface area contributed by atoms with E-state index >= 15 is 0 Å². The van der Waals surface area contributed by atoms with Gasteiger partial charge in [-0.25, -0.2) is 9.79 Å². The molecule has 0 fully saturated rings. The summed E-state index contributed by atoms with van der Waals surface area (Å²) in [7, 11) is 0. The molecular formula is C36H27Br2N3O6S2. The zero-order valence-corrected chi connectivity index (χ0v) is 30.9. The van der Waals surface area contributed by atoms with Gasteiger partial charge in [-0.05, 0) is 104 Å². The van der Waals surface area contributed by atoms with Crippen molar-refractivity contribution in [1.82, 2.24) is 4.57 Å². The van der Waals surface area contributed by atoms with Crippen LogP contribution in [0.5, 0.6) is 5.75 Å². The molecule has 1 aliphatic heterocycles. The van der Waals surface area contributed by atoms with Gasteiger partial charge in [0.2, 0.25) is 0 Å². The molecule has 49 heavy (non-hydrogen) atoms. The van der Waals surface area contributed by atoms with Crippen molar-refractivity contribution in [2.75, 3.05) is 12.9 Å². The van der Waals surface area contributed by atoms with E-state index in [0.717, 1.165) is 27.1 Å². The number of esters is 1. The standard InChI is InChI=1S/C36H27Br2N3O6S2/c1-3-46-35(43)30-31(23-7-5-4-6-8-23)39-36-40(32(30)24-11-15-26(48-2)16-12-24)34(42)29(49-36)19-22-17-27(37)33(28(38)18-22)47-20-21-9-13-25(14-10-21)41(44)45/h4-19,32H,3,20H2,1-2H3/b29-19-/t32-/m1/s1. The second kappa shape index (κ2) is 15.1. The average molecular weight is 822 g/mol. The van der Waals surface area contributed by atoms with Crippen LogP contribution in [0, 0.1) is 10.1 Å². The topological polar surface area (TPSA) is 113 Å². The van der Waals surface area contributed by atoms with E-state index in [0.29, 0.717) is 35.3 Å². The third-order valence-corrected chi connectivity index (χ3v) is 10.6. The highest BCUT2D eigenvalue weighted by atomic mass is 79.9. The van der Waals surface area contributed by atoms with Crippen LogP contribution >= 0.6 is 55.0 Å². The summed E-state index contributed by atoms with van der Waals surface area (Å²) in [5.41, 5.74) is 3.47. The molecule has 9 nitrogen and oxygen atoms in total. The summed E-state index contributed by atoms with van der Waals surface area (Å²) in [6.07, 6.45) is 3.77.